The van der Waals surface area contributed by atoms with Gasteiger partial charge in [-0.05, 0) is 38.0 Å². The van der Waals surface area contributed by atoms with Crippen LogP contribution in [0, 0.1) is 17.6 Å². The average molecular weight is 481 g/mol. The smallest absolute Gasteiger partial charge is 0.233 e. The van der Waals surface area contributed by atoms with Crippen molar-refractivity contribution in [1.29, 1.82) is 0 Å². The van der Waals surface area contributed by atoms with E-state index in [1.807, 2.05) is 13.0 Å². The average Bonchev–Trinajstić information content (AvgIpc) is 3.45. The van der Waals surface area contributed by atoms with Crippen molar-refractivity contribution in [3.63, 3.8) is 0 Å². The van der Waals surface area contributed by atoms with Gasteiger partial charge in [0.05, 0.1) is 6.54 Å². The zero-order valence-electron chi connectivity index (χ0n) is 20.5. The van der Waals surface area contributed by atoms with Crippen molar-refractivity contribution >= 4 is 23.7 Å². The number of piperazine rings is 1. The summed E-state index contributed by atoms with van der Waals surface area (Å²) in [5.41, 5.74) is 2.74. The van der Waals surface area contributed by atoms with Crippen LogP contribution in [0.3, 0.4) is 0 Å². The number of halogens is 2. The quantitative estimate of drug-likeness (QED) is 0.671. The van der Waals surface area contributed by atoms with E-state index in [-0.39, 0.29) is 17.2 Å². The topological polar surface area (TPSA) is 65.9 Å². The Labute approximate surface area is 204 Å². The van der Waals surface area contributed by atoms with Crippen molar-refractivity contribution in [2.75, 3.05) is 50.0 Å². The number of aliphatic imine (C=N–C) groups is 1. The van der Waals surface area contributed by atoms with Gasteiger partial charge < -0.3 is 19.9 Å². The maximum atomic E-state index is 15.2. The number of ether oxygens (including phenoxy) is 1. The molecule has 1 aliphatic carbocycles. The van der Waals surface area contributed by atoms with Crippen molar-refractivity contribution in [3.8, 4) is 11.6 Å². The molecule has 3 heterocycles. The van der Waals surface area contributed by atoms with Gasteiger partial charge in [0.2, 0.25) is 11.8 Å². The second kappa shape index (κ2) is 9.37. The van der Waals surface area contributed by atoms with Crippen LogP contribution in [0.2, 0.25) is 0 Å². The number of rotatable bonds is 5. The number of amidine groups is 1. The molecule has 2 aliphatic heterocycles. The third-order valence-electron chi connectivity index (χ3n) is 6.64. The molecule has 0 atom stereocenters. The fourth-order valence-corrected chi connectivity index (χ4v) is 4.45. The SMILES string of the molecule is CC1=Cc2c(F)c(Oc3cc(N4CCN(C)CC4)nc(NC4=NCC(C(C)C)=C4)n3)cc(F)c2C1. The van der Waals surface area contributed by atoms with Crippen LogP contribution in [0.5, 0.6) is 11.6 Å². The van der Waals surface area contributed by atoms with Gasteiger partial charge in [-0.2, -0.15) is 9.97 Å². The minimum atomic E-state index is -0.586. The number of nitrogens with zero attached hydrogens (tertiary/aromatic N) is 5. The molecule has 2 aromatic rings. The van der Waals surface area contributed by atoms with Gasteiger partial charge in [0, 0.05) is 49.4 Å². The molecule has 9 heteroatoms. The van der Waals surface area contributed by atoms with E-state index in [0.29, 0.717) is 42.0 Å². The molecule has 5 rings (SSSR count). The highest BCUT2D eigenvalue weighted by molar-refractivity contribution is 6.04. The van der Waals surface area contributed by atoms with Gasteiger partial charge in [0.15, 0.2) is 11.6 Å². The molecular formula is C26H30F2N6O. The first-order valence-corrected chi connectivity index (χ1v) is 12.0. The molecular weight excluding hydrogens is 450 g/mol. The number of hydrogen-bond acceptors (Lipinski definition) is 7. The monoisotopic (exact) mass is 480 g/mol. The van der Waals surface area contributed by atoms with E-state index in [1.54, 1.807) is 12.1 Å². The second-order valence-corrected chi connectivity index (χ2v) is 9.71. The van der Waals surface area contributed by atoms with E-state index in [0.717, 1.165) is 37.8 Å². The summed E-state index contributed by atoms with van der Waals surface area (Å²) in [6, 6.07) is 2.78. The Hall–Kier alpha value is -3.33. The Kier molecular flexibility index (Phi) is 6.27. The zero-order chi connectivity index (χ0) is 24.7. The molecule has 0 radical (unpaired) electrons. The molecule has 1 fully saturated rings. The number of aromatic nitrogens is 2. The molecule has 1 aromatic heterocycles. The molecule has 0 saturated carbocycles. The summed E-state index contributed by atoms with van der Waals surface area (Å²) in [5, 5.41) is 3.17. The third kappa shape index (κ3) is 4.91. The minimum Gasteiger partial charge on any atom is -0.436 e. The first-order chi connectivity index (χ1) is 16.8. The van der Waals surface area contributed by atoms with Crippen LogP contribution in [0.15, 0.2) is 34.3 Å². The first-order valence-electron chi connectivity index (χ1n) is 12.0. The predicted octanol–water partition coefficient (Wildman–Crippen LogP) is 4.66. The van der Waals surface area contributed by atoms with Gasteiger partial charge in [-0.1, -0.05) is 25.5 Å². The van der Waals surface area contributed by atoms with E-state index < -0.39 is 11.6 Å². The van der Waals surface area contributed by atoms with E-state index in [9.17, 15) is 4.39 Å². The highest BCUT2D eigenvalue weighted by atomic mass is 19.1. The lowest BCUT2D eigenvalue weighted by atomic mass is 10.0. The van der Waals surface area contributed by atoms with Gasteiger partial charge in [0.1, 0.15) is 17.5 Å². The highest BCUT2D eigenvalue weighted by Crippen LogP contribution is 2.36. The molecule has 0 spiro atoms. The van der Waals surface area contributed by atoms with Crippen molar-refractivity contribution in [2.45, 2.75) is 27.2 Å². The van der Waals surface area contributed by atoms with Gasteiger partial charge >= 0.3 is 0 Å². The number of benzene rings is 1. The van der Waals surface area contributed by atoms with Gasteiger partial charge in [-0.3, -0.25) is 4.99 Å². The van der Waals surface area contributed by atoms with Gasteiger partial charge in [-0.25, -0.2) is 8.78 Å². The van der Waals surface area contributed by atoms with Gasteiger partial charge in [-0.15, -0.1) is 0 Å². The van der Waals surface area contributed by atoms with Crippen molar-refractivity contribution in [3.05, 3.63) is 52.1 Å². The van der Waals surface area contributed by atoms with E-state index in [2.05, 4.69) is 51.0 Å². The summed E-state index contributed by atoms with van der Waals surface area (Å²) < 4.78 is 35.8. The summed E-state index contributed by atoms with van der Waals surface area (Å²) in [6.45, 7) is 10.1. The Balaban J connectivity index is 1.47. The zero-order valence-corrected chi connectivity index (χ0v) is 20.5. The van der Waals surface area contributed by atoms with Crippen molar-refractivity contribution in [2.24, 2.45) is 10.9 Å². The highest BCUT2D eigenvalue weighted by Gasteiger charge is 2.24. The van der Waals surface area contributed by atoms with Crippen LogP contribution in [-0.2, 0) is 6.42 Å². The van der Waals surface area contributed by atoms with E-state index >= 15 is 4.39 Å². The fraction of sp³-hybridized carbons (Fsp3) is 0.423. The number of likely N-dealkylation sites (N-methyl/N-ethyl adjacent to an activating group) is 1. The van der Waals surface area contributed by atoms with Crippen molar-refractivity contribution in [1.82, 2.24) is 14.9 Å². The maximum absolute atomic E-state index is 15.2. The standard InChI is InChI=1S/C26H30F2N6O/c1-15(2)17-11-22(29-14-17)30-26-31-23(34-7-5-33(4)6-8-34)13-24(32-26)35-21-12-20(27)18-9-16(3)10-19(18)25(21)28/h10-13,15H,5-9,14H2,1-4H3,(H,29,30,31,32). The Morgan fingerprint density at radius 3 is 2.54 bits per heavy atom. The lowest BCUT2D eigenvalue weighted by molar-refractivity contribution is 0.312. The summed E-state index contributed by atoms with van der Waals surface area (Å²) in [6.07, 6.45) is 4.07. The summed E-state index contributed by atoms with van der Waals surface area (Å²) in [4.78, 5) is 18.0. The summed E-state index contributed by atoms with van der Waals surface area (Å²) >= 11 is 0. The number of nitrogens with one attached hydrogen (secondary N) is 1. The molecule has 7 nitrogen and oxygen atoms in total. The number of hydrogen-bond donors (Lipinski definition) is 1. The van der Waals surface area contributed by atoms with Crippen LogP contribution in [-0.4, -0.2) is 60.5 Å². The molecule has 1 saturated heterocycles. The first kappa shape index (κ1) is 23.4. The summed E-state index contributed by atoms with van der Waals surface area (Å²) in [7, 11) is 2.08. The molecule has 1 N–H and O–H groups in total. The number of fused-ring (bicyclic) bond motifs is 1. The van der Waals surface area contributed by atoms with Crippen LogP contribution < -0.4 is 15.0 Å². The molecule has 3 aliphatic rings. The molecule has 184 valence electrons. The number of allylic oxidation sites excluding steroid dienone is 1. The van der Waals surface area contributed by atoms with Crippen LogP contribution >= 0.6 is 0 Å². The molecule has 0 amide bonds. The summed E-state index contributed by atoms with van der Waals surface area (Å²) in [5.74, 6) is 0.904. The van der Waals surface area contributed by atoms with E-state index in [4.69, 9.17) is 4.74 Å². The normalized spacial score (nSPS) is 17.9. The lowest BCUT2D eigenvalue weighted by Crippen LogP contribution is -2.44. The Morgan fingerprint density at radius 1 is 1.06 bits per heavy atom. The molecule has 1 aromatic carbocycles. The fourth-order valence-electron chi connectivity index (χ4n) is 4.45. The van der Waals surface area contributed by atoms with Crippen LogP contribution in [0.25, 0.3) is 6.08 Å². The molecule has 0 bridgehead atoms. The van der Waals surface area contributed by atoms with Crippen LogP contribution in [0.1, 0.15) is 31.9 Å². The van der Waals surface area contributed by atoms with Crippen molar-refractivity contribution < 1.29 is 13.5 Å². The van der Waals surface area contributed by atoms with Crippen LogP contribution in [0.4, 0.5) is 20.5 Å². The molecule has 35 heavy (non-hydrogen) atoms. The Bertz CT molecular complexity index is 1240. The van der Waals surface area contributed by atoms with Gasteiger partial charge in [0.25, 0.3) is 0 Å². The Morgan fingerprint density at radius 2 is 1.83 bits per heavy atom. The largest absolute Gasteiger partial charge is 0.436 e. The molecule has 0 unspecified atom stereocenters. The number of anilines is 2. The minimum absolute atomic E-state index is 0.139. The second-order valence-electron chi connectivity index (χ2n) is 9.71. The predicted molar refractivity (Wildman–Crippen MR) is 134 cm³/mol. The third-order valence-corrected chi connectivity index (χ3v) is 6.64. The lowest BCUT2D eigenvalue weighted by Gasteiger charge is -2.33. The van der Waals surface area contributed by atoms with E-state index in [1.165, 1.54) is 5.57 Å². The maximum Gasteiger partial charge on any atom is 0.233 e.